The number of aromatic amines is 1. The molecular weight excluding hydrogens is 574 g/mol. The molecular formula is C29H29N7O6S. The molecule has 1 atom stereocenters. The first kappa shape index (κ1) is 28.2. The second-order valence-corrected chi connectivity index (χ2v) is 11.2. The molecule has 1 aromatic carbocycles. The van der Waals surface area contributed by atoms with E-state index in [9.17, 15) is 9.59 Å². The third kappa shape index (κ3) is 6.00. The summed E-state index contributed by atoms with van der Waals surface area (Å²) in [4.78, 5) is 43.1. The fourth-order valence-electron chi connectivity index (χ4n) is 4.89. The highest BCUT2D eigenvalue weighted by Crippen LogP contribution is 2.38. The van der Waals surface area contributed by atoms with Crippen molar-refractivity contribution in [1.29, 1.82) is 0 Å². The van der Waals surface area contributed by atoms with E-state index in [1.165, 1.54) is 23.3 Å². The van der Waals surface area contributed by atoms with Crippen LogP contribution in [0.25, 0.3) is 32.9 Å². The number of esters is 1. The van der Waals surface area contributed by atoms with Gasteiger partial charge in [-0.2, -0.15) is 10.1 Å². The first-order chi connectivity index (χ1) is 20.8. The van der Waals surface area contributed by atoms with E-state index >= 15 is 0 Å². The summed E-state index contributed by atoms with van der Waals surface area (Å²) >= 11 is 1.22. The molecule has 1 fully saturated rings. The average molecular weight is 604 g/mol. The van der Waals surface area contributed by atoms with E-state index in [0.717, 1.165) is 22.2 Å². The number of H-pyrrole nitrogens is 1. The zero-order valence-electron chi connectivity index (χ0n) is 23.7. The topological polar surface area (TPSA) is 158 Å². The summed E-state index contributed by atoms with van der Waals surface area (Å²) in [5.74, 6) is 0.425. The van der Waals surface area contributed by atoms with Gasteiger partial charge in [0.25, 0.3) is 0 Å². The van der Waals surface area contributed by atoms with Crippen LogP contribution in [0.4, 0.5) is 4.79 Å². The number of nitrogens with one attached hydrogen (secondary N) is 1. The average Bonchev–Trinajstić information content (AvgIpc) is 3.75. The number of thiophene rings is 1. The maximum atomic E-state index is 12.7. The Bertz CT molecular complexity index is 1790. The lowest BCUT2D eigenvalue weighted by atomic mass is 10.1. The zero-order valence-corrected chi connectivity index (χ0v) is 24.5. The first-order valence-electron chi connectivity index (χ1n) is 13.6. The number of aromatic nitrogens is 6. The monoisotopic (exact) mass is 603 g/mol. The van der Waals surface area contributed by atoms with Crippen LogP contribution in [0.3, 0.4) is 0 Å². The summed E-state index contributed by atoms with van der Waals surface area (Å²) in [5.41, 5.74) is 4.20. The van der Waals surface area contributed by atoms with E-state index in [2.05, 4.69) is 20.1 Å². The van der Waals surface area contributed by atoms with Crippen LogP contribution in [0.1, 0.15) is 41.2 Å². The number of fused-ring (bicyclic) bond motifs is 1. The first-order valence-corrected chi connectivity index (χ1v) is 14.4. The second-order valence-electron chi connectivity index (χ2n) is 10.1. The largest absolute Gasteiger partial charge is 0.483 e. The van der Waals surface area contributed by atoms with Crippen molar-refractivity contribution in [3.8, 4) is 33.6 Å². The van der Waals surface area contributed by atoms with Gasteiger partial charge in [-0.15, -0.1) is 11.3 Å². The van der Waals surface area contributed by atoms with Crippen LogP contribution in [0.15, 0.2) is 48.9 Å². The summed E-state index contributed by atoms with van der Waals surface area (Å²) in [6.45, 7) is 2.61. The van der Waals surface area contributed by atoms with Gasteiger partial charge in [-0.3, -0.25) is 4.68 Å². The molecule has 1 saturated heterocycles. The highest BCUT2D eigenvalue weighted by Gasteiger charge is 2.26. The highest BCUT2D eigenvalue weighted by molar-refractivity contribution is 7.17. The number of piperidine rings is 1. The second kappa shape index (κ2) is 11.7. The Hall–Kier alpha value is -4.98. The van der Waals surface area contributed by atoms with Crippen molar-refractivity contribution in [3.63, 3.8) is 0 Å². The van der Waals surface area contributed by atoms with Crippen molar-refractivity contribution < 1.29 is 28.9 Å². The third-order valence-corrected chi connectivity index (χ3v) is 8.29. The van der Waals surface area contributed by atoms with Crippen molar-refractivity contribution in [2.75, 3.05) is 20.2 Å². The Morgan fingerprint density at radius 2 is 1.95 bits per heavy atom. The Balaban J connectivity index is 1.21. The van der Waals surface area contributed by atoms with Gasteiger partial charge in [0, 0.05) is 57.0 Å². The molecule has 1 aliphatic rings. The molecule has 4 aromatic heterocycles. The third-order valence-electron chi connectivity index (χ3n) is 7.18. The van der Waals surface area contributed by atoms with Gasteiger partial charge in [-0.05, 0) is 30.7 Å². The van der Waals surface area contributed by atoms with E-state index in [-0.39, 0.29) is 12.1 Å². The predicted molar refractivity (Wildman–Crippen MR) is 157 cm³/mol. The number of benzene rings is 1. The van der Waals surface area contributed by atoms with Crippen molar-refractivity contribution in [2.45, 2.75) is 32.0 Å². The van der Waals surface area contributed by atoms with E-state index in [4.69, 9.17) is 24.3 Å². The SMILES string of the molecule is COC(=O)c1sc(-c2nc3ccc(-c4cnn(C)c4)cc3[nH]2)cc1OC(C)c1ccnc(OC2CCN(C(=O)O)CC2)n1. The maximum Gasteiger partial charge on any atom is 0.407 e. The number of carbonyl (C=O) groups is 2. The van der Waals surface area contributed by atoms with Gasteiger partial charge in [-0.1, -0.05) is 6.07 Å². The summed E-state index contributed by atoms with van der Waals surface area (Å²) in [5, 5.41) is 13.4. The molecule has 5 heterocycles. The molecule has 0 bridgehead atoms. The van der Waals surface area contributed by atoms with Crippen LogP contribution >= 0.6 is 11.3 Å². The fourth-order valence-corrected chi connectivity index (χ4v) is 5.85. The van der Waals surface area contributed by atoms with Gasteiger partial charge in [0.15, 0.2) is 4.88 Å². The lowest BCUT2D eigenvalue weighted by Crippen LogP contribution is -2.41. The molecule has 222 valence electrons. The summed E-state index contributed by atoms with van der Waals surface area (Å²) in [6, 6.07) is 9.62. The van der Waals surface area contributed by atoms with Crippen molar-refractivity contribution in [3.05, 3.63) is 59.5 Å². The fraction of sp³-hybridized carbons (Fsp3) is 0.310. The molecule has 1 aliphatic heterocycles. The van der Waals surface area contributed by atoms with Crippen LogP contribution in [0.5, 0.6) is 11.8 Å². The number of imidazole rings is 1. The molecule has 14 heteroatoms. The number of hydrogen-bond acceptors (Lipinski definition) is 10. The van der Waals surface area contributed by atoms with E-state index in [1.54, 1.807) is 23.0 Å². The Labute approximate surface area is 250 Å². The van der Waals surface area contributed by atoms with Crippen molar-refractivity contribution in [2.24, 2.45) is 7.05 Å². The van der Waals surface area contributed by atoms with Gasteiger partial charge in [-0.25, -0.2) is 19.6 Å². The molecule has 0 saturated carbocycles. The Morgan fingerprint density at radius 3 is 2.67 bits per heavy atom. The number of aryl methyl sites for hydroxylation is 1. The molecule has 0 radical (unpaired) electrons. The van der Waals surface area contributed by atoms with E-state index in [1.807, 2.05) is 44.6 Å². The van der Waals surface area contributed by atoms with Gasteiger partial charge in [0.1, 0.15) is 23.8 Å². The minimum atomic E-state index is -0.930. The van der Waals surface area contributed by atoms with Gasteiger partial charge in [0.2, 0.25) is 0 Å². The standard InChI is InChI=1S/C29H29N7O6S/c1-16(20-6-9-30-28(34-20)42-19-7-10-36(11-8-19)29(38)39)41-23-13-24(43-25(23)27(37)40-3)26-32-21-5-4-17(12-22(21)33-26)18-14-31-35(2)15-18/h4-6,9,12-16,19H,7-8,10-11H2,1-3H3,(H,32,33)(H,38,39). The normalized spacial score (nSPS) is 14.5. The van der Waals surface area contributed by atoms with E-state index in [0.29, 0.717) is 53.0 Å². The molecule has 1 amide bonds. The summed E-state index contributed by atoms with van der Waals surface area (Å²) < 4.78 is 19.0. The van der Waals surface area contributed by atoms with E-state index < -0.39 is 18.2 Å². The van der Waals surface area contributed by atoms with Gasteiger partial charge >= 0.3 is 18.1 Å². The minimum Gasteiger partial charge on any atom is -0.483 e. The molecule has 6 rings (SSSR count). The van der Waals surface area contributed by atoms with Crippen molar-refractivity contribution >= 4 is 34.4 Å². The molecule has 1 unspecified atom stereocenters. The van der Waals surface area contributed by atoms with Crippen LogP contribution in [-0.2, 0) is 11.8 Å². The molecule has 43 heavy (non-hydrogen) atoms. The summed E-state index contributed by atoms with van der Waals surface area (Å²) in [6.07, 6.45) is 4.78. The lowest BCUT2D eigenvalue weighted by Gasteiger charge is -2.29. The Morgan fingerprint density at radius 1 is 1.14 bits per heavy atom. The number of nitrogens with zero attached hydrogens (tertiary/aromatic N) is 6. The van der Waals surface area contributed by atoms with Crippen LogP contribution < -0.4 is 9.47 Å². The number of methoxy groups -OCH3 is 1. The van der Waals surface area contributed by atoms with Crippen LogP contribution in [-0.4, -0.2) is 78.1 Å². The number of likely N-dealkylation sites (tertiary alicyclic amines) is 1. The maximum absolute atomic E-state index is 12.7. The molecule has 5 aromatic rings. The summed E-state index contributed by atoms with van der Waals surface area (Å²) in [7, 11) is 3.20. The smallest absolute Gasteiger partial charge is 0.407 e. The lowest BCUT2D eigenvalue weighted by molar-refractivity contribution is 0.0599. The number of carbonyl (C=O) groups excluding carboxylic acids is 1. The highest BCUT2D eigenvalue weighted by atomic mass is 32.1. The molecule has 0 aliphatic carbocycles. The number of amides is 1. The molecule has 2 N–H and O–H groups in total. The molecule has 0 spiro atoms. The number of carboxylic acid groups (broad SMARTS) is 1. The number of hydrogen-bond donors (Lipinski definition) is 2. The van der Waals surface area contributed by atoms with Gasteiger partial charge < -0.3 is 29.2 Å². The van der Waals surface area contributed by atoms with Crippen molar-refractivity contribution in [1.82, 2.24) is 34.6 Å². The quantitative estimate of drug-likeness (QED) is 0.233. The molecule has 13 nitrogen and oxygen atoms in total. The van der Waals surface area contributed by atoms with Crippen LogP contribution in [0.2, 0.25) is 0 Å². The predicted octanol–water partition coefficient (Wildman–Crippen LogP) is 4.93. The Kier molecular flexibility index (Phi) is 7.67. The minimum absolute atomic E-state index is 0.184. The number of rotatable bonds is 8. The van der Waals surface area contributed by atoms with Crippen LogP contribution in [0, 0.1) is 0 Å². The zero-order chi connectivity index (χ0) is 30.1. The number of ether oxygens (including phenoxy) is 3. The van der Waals surface area contributed by atoms with Gasteiger partial charge in [0.05, 0.1) is 34.9 Å².